The summed E-state index contributed by atoms with van der Waals surface area (Å²) in [7, 11) is 0. The molecule has 1 rings (SSSR count). The Balaban J connectivity index is 2.50. The molecule has 0 bridgehead atoms. The van der Waals surface area contributed by atoms with E-state index in [-0.39, 0.29) is 6.54 Å². The van der Waals surface area contributed by atoms with Crippen LogP contribution in [0.25, 0.3) is 0 Å². The van der Waals surface area contributed by atoms with Gasteiger partial charge in [-0.3, -0.25) is 9.78 Å². The zero-order valence-corrected chi connectivity index (χ0v) is 7.65. The summed E-state index contributed by atoms with van der Waals surface area (Å²) in [6.07, 6.45) is 1.59. The number of hydrogen-bond acceptors (Lipinski definition) is 3. The average Bonchev–Trinajstić information content (AvgIpc) is 2.16. The number of hydrogen-bond donors (Lipinski definition) is 2. The number of carboxylic acids is 1. The van der Waals surface area contributed by atoms with Crippen molar-refractivity contribution in [3.05, 3.63) is 29.6 Å². The van der Waals surface area contributed by atoms with Crippen LogP contribution < -0.4 is 5.32 Å². The van der Waals surface area contributed by atoms with Gasteiger partial charge < -0.3 is 10.4 Å². The number of aliphatic carboxylic acids is 1. The van der Waals surface area contributed by atoms with Crippen molar-refractivity contribution in [1.82, 2.24) is 10.3 Å². The molecular weight excluding hydrogens is 184 g/mol. The van der Waals surface area contributed by atoms with Gasteiger partial charge in [-0.2, -0.15) is 0 Å². The Morgan fingerprint density at radius 1 is 1.50 bits per heavy atom. The minimum absolute atomic E-state index is 0.179. The Kier molecular flexibility index (Phi) is 3.17. The first-order valence-electron chi connectivity index (χ1n) is 4.02. The van der Waals surface area contributed by atoms with Crippen LogP contribution in [-0.4, -0.2) is 22.0 Å². The highest BCUT2D eigenvalue weighted by molar-refractivity contribution is 6.31. The van der Waals surface area contributed by atoms with E-state index in [0.29, 0.717) is 0 Å². The number of amides is 1. The van der Waals surface area contributed by atoms with E-state index in [1.54, 1.807) is 18.3 Å². The number of rotatable bonds is 2. The van der Waals surface area contributed by atoms with Gasteiger partial charge in [0.15, 0.2) is 0 Å². The molecule has 0 radical (unpaired) electrons. The van der Waals surface area contributed by atoms with Crippen LogP contribution in [0.2, 0.25) is 0 Å². The van der Waals surface area contributed by atoms with E-state index in [4.69, 9.17) is 5.11 Å². The predicted octanol–water partition coefficient (Wildman–Crippen LogP) is 0.0908. The highest BCUT2D eigenvalue weighted by Gasteiger charge is 2.09. The number of aromatic nitrogens is 1. The fourth-order valence-corrected chi connectivity index (χ4v) is 0.861. The summed E-state index contributed by atoms with van der Waals surface area (Å²) < 4.78 is 0. The molecule has 14 heavy (non-hydrogen) atoms. The summed E-state index contributed by atoms with van der Waals surface area (Å²) in [6, 6.07) is 3.58. The van der Waals surface area contributed by atoms with Crippen molar-refractivity contribution in [3.63, 3.8) is 0 Å². The highest BCUT2D eigenvalue weighted by atomic mass is 16.4. The van der Waals surface area contributed by atoms with Crippen molar-refractivity contribution in [2.24, 2.45) is 0 Å². The second-order valence-corrected chi connectivity index (χ2v) is 2.80. The molecule has 1 amide bonds. The van der Waals surface area contributed by atoms with Crippen LogP contribution >= 0.6 is 0 Å². The van der Waals surface area contributed by atoms with Crippen molar-refractivity contribution < 1.29 is 14.7 Å². The van der Waals surface area contributed by atoms with Gasteiger partial charge in [-0.15, -0.1) is 0 Å². The Morgan fingerprint density at radius 3 is 2.71 bits per heavy atom. The number of carboxylic acid groups (broad SMARTS) is 1. The van der Waals surface area contributed by atoms with Crippen molar-refractivity contribution in [2.45, 2.75) is 13.5 Å². The molecule has 0 aliphatic carbocycles. The number of carbonyl (C=O) groups excluding carboxylic acids is 1. The molecule has 2 N–H and O–H groups in total. The Morgan fingerprint density at radius 2 is 2.21 bits per heavy atom. The Bertz CT molecular complexity index is 346. The quantitative estimate of drug-likeness (QED) is 0.654. The Hall–Kier alpha value is -1.91. The smallest absolute Gasteiger partial charge is 0.394 e. The normalized spacial score (nSPS) is 9.50. The number of aryl methyl sites for hydroxylation is 1. The first-order valence-corrected chi connectivity index (χ1v) is 4.02. The van der Waals surface area contributed by atoms with Gasteiger partial charge in [-0.05, 0) is 18.6 Å². The molecular formula is C9H10N2O3. The van der Waals surface area contributed by atoms with Crippen molar-refractivity contribution in [1.29, 1.82) is 0 Å². The molecule has 1 aromatic rings. The maximum absolute atomic E-state index is 10.7. The summed E-state index contributed by atoms with van der Waals surface area (Å²) in [5, 5.41) is 10.5. The molecule has 5 heteroatoms. The fourth-order valence-electron chi connectivity index (χ4n) is 0.861. The van der Waals surface area contributed by atoms with Crippen LogP contribution in [0.3, 0.4) is 0 Å². The maximum atomic E-state index is 10.7. The largest absolute Gasteiger partial charge is 0.474 e. The molecule has 0 fully saturated rings. The lowest BCUT2D eigenvalue weighted by Crippen LogP contribution is -2.30. The molecule has 0 saturated carbocycles. The predicted molar refractivity (Wildman–Crippen MR) is 48.5 cm³/mol. The minimum Gasteiger partial charge on any atom is -0.474 e. The topological polar surface area (TPSA) is 79.3 Å². The Labute approximate surface area is 80.8 Å². The van der Waals surface area contributed by atoms with Gasteiger partial charge in [0.05, 0.1) is 0 Å². The van der Waals surface area contributed by atoms with Gasteiger partial charge >= 0.3 is 11.9 Å². The van der Waals surface area contributed by atoms with E-state index in [1.165, 1.54) is 0 Å². The molecule has 1 aromatic heterocycles. The molecule has 74 valence electrons. The van der Waals surface area contributed by atoms with Crippen LogP contribution in [0.4, 0.5) is 0 Å². The molecule has 1 heterocycles. The van der Waals surface area contributed by atoms with E-state index >= 15 is 0 Å². The van der Waals surface area contributed by atoms with Gasteiger partial charge in [-0.25, -0.2) is 4.79 Å². The maximum Gasteiger partial charge on any atom is 0.394 e. The van der Waals surface area contributed by atoms with E-state index in [2.05, 4.69) is 10.3 Å². The summed E-state index contributed by atoms with van der Waals surface area (Å²) in [4.78, 5) is 24.8. The van der Waals surface area contributed by atoms with Crippen LogP contribution in [0.15, 0.2) is 18.3 Å². The third-order valence-corrected chi connectivity index (χ3v) is 1.62. The first kappa shape index (κ1) is 10.2. The van der Waals surface area contributed by atoms with Gasteiger partial charge in [0.25, 0.3) is 0 Å². The zero-order chi connectivity index (χ0) is 10.6. The second-order valence-electron chi connectivity index (χ2n) is 2.80. The monoisotopic (exact) mass is 194 g/mol. The van der Waals surface area contributed by atoms with Crippen LogP contribution in [0, 0.1) is 6.92 Å². The molecule has 0 aliphatic heterocycles. The average molecular weight is 194 g/mol. The molecule has 0 aliphatic rings. The second kappa shape index (κ2) is 4.36. The summed E-state index contributed by atoms with van der Waals surface area (Å²) >= 11 is 0. The lowest BCUT2D eigenvalue weighted by atomic mass is 10.2. The lowest BCUT2D eigenvalue weighted by Gasteiger charge is -2.01. The van der Waals surface area contributed by atoms with Crippen molar-refractivity contribution in [3.8, 4) is 0 Å². The molecule has 0 unspecified atom stereocenters. The van der Waals surface area contributed by atoms with E-state index in [0.717, 1.165) is 11.3 Å². The first-order chi connectivity index (χ1) is 6.59. The molecule has 5 nitrogen and oxygen atoms in total. The minimum atomic E-state index is -1.48. The third-order valence-electron chi connectivity index (χ3n) is 1.62. The SMILES string of the molecule is Cc1ccc(CNC(=O)C(=O)O)cn1. The molecule has 0 aromatic carbocycles. The van der Waals surface area contributed by atoms with Crippen molar-refractivity contribution in [2.75, 3.05) is 0 Å². The zero-order valence-electron chi connectivity index (χ0n) is 7.65. The van der Waals surface area contributed by atoms with E-state index < -0.39 is 11.9 Å². The molecule has 0 atom stereocenters. The number of pyridine rings is 1. The molecule has 0 spiro atoms. The van der Waals surface area contributed by atoms with Gasteiger partial charge in [0, 0.05) is 18.4 Å². The van der Waals surface area contributed by atoms with E-state index in [1.807, 2.05) is 6.92 Å². The summed E-state index contributed by atoms with van der Waals surface area (Å²) in [6.45, 7) is 2.03. The fraction of sp³-hybridized carbons (Fsp3) is 0.222. The highest BCUT2D eigenvalue weighted by Crippen LogP contribution is 1.98. The van der Waals surface area contributed by atoms with Crippen LogP contribution in [-0.2, 0) is 16.1 Å². The van der Waals surface area contributed by atoms with Crippen LogP contribution in [0.1, 0.15) is 11.3 Å². The van der Waals surface area contributed by atoms with Gasteiger partial charge in [-0.1, -0.05) is 6.07 Å². The number of nitrogens with zero attached hydrogens (tertiary/aromatic N) is 1. The summed E-state index contributed by atoms with van der Waals surface area (Å²) in [5.41, 5.74) is 1.64. The van der Waals surface area contributed by atoms with Gasteiger partial charge in [0.2, 0.25) is 0 Å². The molecule has 0 saturated heterocycles. The van der Waals surface area contributed by atoms with Gasteiger partial charge in [0.1, 0.15) is 0 Å². The number of nitrogens with one attached hydrogen (secondary N) is 1. The lowest BCUT2D eigenvalue weighted by molar-refractivity contribution is -0.150. The van der Waals surface area contributed by atoms with Crippen LogP contribution in [0.5, 0.6) is 0 Å². The number of carbonyl (C=O) groups is 2. The standard InChI is InChI=1S/C9H10N2O3/c1-6-2-3-7(4-10-6)5-11-8(12)9(13)14/h2-4H,5H2,1H3,(H,11,12)(H,13,14). The van der Waals surface area contributed by atoms with Crippen molar-refractivity contribution >= 4 is 11.9 Å². The summed E-state index contributed by atoms with van der Waals surface area (Å²) in [5.74, 6) is -2.49. The van der Waals surface area contributed by atoms with E-state index in [9.17, 15) is 9.59 Å². The third kappa shape index (κ3) is 2.85.